The third-order valence-corrected chi connectivity index (χ3v) is 8.73. The number of hydrogen-bond acceptors (Lipinski definition) is 9. The maximum atomic E-state index is 12.4. The van der Waals surface area contributed by atoms with E-state index in [1.807, 2.05) is 12.1 Å². The number of fused-ring (bicyclic) bond motifs is 1. The van der Waals surface area contributed by atoms with Crippen LogP contribution in [0.15, 0.2) is 33.8 Å². The van der Waals surface area contributed by atoms with E-state index in [9.17, 15) is 9.59 Å². The number of anilines is 1. The van der Waals surface area contributed by atoms with Crippen molar-refractivity contribution in [1.82, 2.24) is 34.6 Å². The molecule has 0 unspecified atom stereocenters. The topological polar surface area (TPSA) is 135 Å². The van der Waals surface area contributed by atoms with Gasteiger partial charge in [-0.2, -0.15) is 0 Å². The lowest BCUT2D eigenvalue weighted by atomic mass is 9.83. The van der Waals surface area contributed by atoms with E-state index < -0.39 is 5.76 Å². The van der Waals surface area contributed by atoms with Gasteiger partial charge >= 0.3 is 11.8 Å². The zero-order valence-corrected chi connectivity index (χ0v) is 25.0. The van der Waals surface area contributed by atoms with Gasteiger partial charge in [0.1, 0.15) is 5.69 Å². The summed E-state index contributed by atoms with van der Waals surface area (Å²) in [7, 11) is 1.41. The first-order valence-corrected chi connectivity index (χ1v) is 14.8. The molecule has 42 heavy (non-hydrogen) atoms. The Hall–Kier alpha value is -3.93. The van der Waals surface area contributed by atoms with E-state index in [4.69, 9.17) is 30.8 Å². The van der Waals surface area contributed by atoms with Crippen molar-refractivity contribution >= 4 is 34.7 Å². The fourth-order valence-electron chi connectivity index (χ4n) is 6.48. The van der Waals surface area contributed by atoms with Crippen molar-refractivity contribution in [3.05, 3.63) is 40.1 Å². The second-order valence-corrected chi connectivity index (χ2v) is 12.1. The number of aromatic amines is 1. The number of H-pyrrole nitrogens is 1. The summed E-state index contributed by atoms with van der Waals surface area (Å²) in [4.78, 5) is 45.4. The number of nitrogens with zero attached hydrogens (tertiary/aromatic N) is 7. The Kier molecular flexibility index (Phi) is 7.65. The number of methoxy groups -OCH3 is 1. The second-order valence-electron chi connectivity index (χ2n) is 11.7. The van der Waals surface area contributed by atoms with Crippen LogP contribution >= 0.6 is 11.6 Å². The first kappa shape index (κ1) is 28.2. The minimum absolute atomic E-state index is 0.0228. The van der Waals surface area contributed by atoms with Crippen LogP contribution in [0.5, 0.6) is 0 Å². The molecular formula is C29H35ClN8O4. The molecule has 1 amide bonds. The number of aromatic nitrogens is 6. The molecule has 12 nitrogen and oxygen atoms in total. The lowest BCUT2D eigenvalue weighted by molar-refractivity contribution is 0.108. The standard InChI is InChI=1S/C29H35ClN8O4/c1-16-5-7-19(8-6-16)15-37-25-22(33-27(37)38-17(2)13-36(14-18(38)3)29(40)41-4)10-23(26-34-28(39)42-35-26)32-24(25)20-9-21(30)12-31-11-20/h9-12,16-19H,5-8,13-15H2,1-4H3,(H,34,35,39)/t16-,17-,18-,19-/m1/s1. The van der Waals surface area contributed by atoms with Crippen molar-refractivity contribution in [2.45, 2.75) is 65.1 Å². The van der Waals surface area contributed by atoms with Gasteiger partial charge in [0, 0.05) is 49.7 Å². The largest absolute Gasteiger partial charge is 0.453 e. The van der Waals surface area contributed by atoms with Gasteiger partial charge in [0.25, 0.3) is 0 Å². The van der Waals surface area contributed by atoms with Gasteiger partial charge in [-0.25, -0.2) is 19.6 Å². The Labute approximate surface area is 248 Å². The Morgan fingerprint density at radius 3 is 2.48 bits per heavy atom. The molecule has 1 saturated carbocycles. The fourth-order valence-corrected chi connectivity index (χ4v) is 6.66. The summed E-state index contributed by atoms with van der Waals surface area (Å²) in [6, 6.07) is 3.61. The minimum Gasteiger partial charge on any atom is -0.453 e. The normalized spacial score (nSPS) is 23.0. The van der Waals surface area contributed by atoms with Crippen LogP contribution in [0.3, 0.4) is 0 Å². The Morgan fingerprint density at radius 1 is 1.10 bits per heavy atom. The van der Waals surface area contributed by atoms with Crippen molar-refractivity contribution in [3.8, 4) is 22.8 Å². The maximum absolute atomic E-state index is 12.4. The number of ether oxygens (including phenoxy) is 1. The molecule has 2 fully saturated rings. The van der Waals surface area contributed by atoms with Gasteiger partial charge in [0.15, 0.2) is 0 Å². The van der Waals surface area contributed by atoms with E-state index in [1.165, 1.54) is 20.0 Å². The van der Waals surface area contributed by atoms with Gasteiger partial charge in [-0.3, -0.25) is 14.5 Å². The highest BCUT2D eigenvalue weighted by molar-refractivity contribution is 6.30. The van der Waals surface area contributed by atoms with Gasteiger partial charge in [0.2, 0.25) is 11.8 Å². The third-order valence-electron chi connectivity index (χ3n) is 8.52. The molecule has 0 radical (unpaired) electrons. The lowest BCUT2D eigenvalue weighted by Gasteiger charge is -2.44. The fraction of sp³-hybridized carbons (Fsp3) is 0.517. The first-order chi connectivity index (χ1) is 20.2. The highest BCUT2D eigenvalue weighted by Gasteiger charge is 2.36. The molecule has 1 aliphatic heterocycles. The number of rotatable bonds is 5. The predicted molar refractivity (Wildman–Crippen MR) is 158 cm³/mol. The summed E-state index contributed by atoms with van der Waals surface area (Å²) in [6.07, 6.45) is 7.65. The van der Waals surface area contributed by atoms with E-state index in [-0.39, 0.29) is 24.0 Å². The smallest absolute Gasteiger partial charge is 0.439 e. The van der Waals surface area contributed by atoms with Crippen LogP contribution in [0.4, 0.5) is 10.7 Å². The van der Waals surface area contributed by atoms with Crippen LogP contribution < -0.4 is 10.7 Å². The van der Waals surface area contributed by atoms with Crippen LogP contribution in [0.25, 0.3) is 33.8 Å². The van der Waals surface area contributed by atoms with Crippen LogP contribution in [0, 0.1) is 11.8 Å². The molecule has 0 aromatic carbocycles. The predicted octanol–water partition coefficient (Wildman–Crippen LogP) is 4.98. The summed E-state index contributed by atoms with van der Waals surface area (Å²) < 4.78 is 12.1. The zero-order chi connectivity index (χ0) is 29.5. The Balaban J connectivity index is 1.55. The number of carbonyl (C=O) groups is 1. The average Bonchev–Trinajstić information content (AvgIpc) is 3.56. The van der Waals surface area contributed by atoms with Crippen molar-refractivity contribution in [3.63, 3.8) is 0 Å². The lowest BCUT2D eigenvalue weighted by Crippen LogP contribution is -2.59. The molecular weight excluding hydrogens is 560 g/mol. The third kappa shape index (κ3) is 5.35. The maximum Gasteiger partial charge on any atom is 0.439 e. The van der Waals surface area contributed by atoms with Crippen LogP contribution in [0.1, 0.15) is 46.5 Å². The Bertz CT molecular complexity index is 1640. The molecule has 1 saturated heterocycles. The van der Waals surface area contributed by atoms with Crippen LogP contribution in [-0.2, 0) is 11.3 Å². The van der Waals surface area contributed by atoms with Gasteiger partial charge in [-0.05, 0) is 50.7 Å². The highest BCUT2D eigenvalue weighted by atomic mass is 35.5. The molecule has 5 heterocycles. The quantitative estimate of drug-likeness (QED) is 0.339. The number of carbonyl (C=O) groups excluding carboxylic acids is 1. The number of imidazole rings is 1. The zero-order valence-electron chi connectivity index (χ0n) is 24.2. The number of piperazine rings is 1. The van der Waals surface area contributed by atoms with E-state index in [1.54, 1.807) is 17.3 Å². The molecule has 1 N–H and O–H groups in total. The van der Waals surface area contributed by atoms with E-state index in [0.29, 0.717) is 40.9 Å². The summed E-state index contributed by atoms with van der Waals surface area (Å²) in [5.41, 5.74) is 3.34. The van der Waals surface area contributed by atoms with Gasteiger partial charge < -0.3 is 19.1 Å². The monoisotopic (exact) mass is 594 g/mol. The molecule has 13 heteroatoms. The van der Waals surface area contributed by atoms with E-state index in [2.05, 4.69) is 45.4 Å². The highest BCUT2D eigenvalue weighted by Crippen LogP contribution is 2.38. The molecule has 4 aromatic heterocycles. The van der Waals surface area contributed by atoms with Crippen molar-refractivity contribution in [1.29, 1.82) is 0 Å². The Morgan fingerprint density at radius 2 is 1.83 bits per heavy atom. The summed E-state index contributed by atoms with van der Waals surface area (Å²) >= 11 is 6.39. The van der Waals surface area contributed by atoms with E-state index in [0.717, 1.165) is 42.3 Å². The first-order valence-electron chi connectivity index (χ1n) is 14.4. The minimum atomic E-state index is -0.665. The summed E-state index contributed by atoms with van der Waals surface area (Å²) in [6.45, 7) is 8.32. The van der Waals surface area contributed by atoms with Gasteiger partial charge in [0.05, 0.1) is 28.9 Å². The number of pyridine rings is 2. The molecule has 0 spiro atoms. The molecule has 2 aliphatic rings. The average molecular weight is 595 g/mol. The molecule has 2 atom stereocenters. The molecule has 0 bridgehead atoms. The van der Waals surface area contributed by atoms with Gasteiger partial charge in [-0.15, -0.1) is 0 Å². The second kappa shape index (κ2) is 11.4. The SMILES string of the molecule is COC(=O)N1C[C@@H](C)N(c2nc3cc(-c4noc(=O)[nH]4)nc(-c4cncc(Cl)c4)c3n2C[C@H]2CC[C@H](C)CC2)[C@H](C)C1. The summed E-state index contributed by atoms with van der Waals surface area (Å²) in [5, 5.41) is 4.36. The molecule has 6 rings (SSSR count). The van der Waals surface area contributed by atoms with Crippen molar-refractivity contribution in [2.75, 3.05) is 25.1 Å². The number of amides is 1. The van der Waals surface area contributed by atoms with Gasteiger partial charge in [-0.1, -0.05) is 36.5 Å². The van der Waals surface area contributed by atoms with E-state index >= 15 is 0 Å². The molecule has 4 aromatic rings. The number of nitrogens with one attached hydrogen (secondary N) is 1. The van der Waals surface area contributed by atoms with Crippen LogP contribution in [0.2, 0.25) is 5.02 Å². The molecule has 1 aliphatic carbocycles. The van der Waals surface area contributed by atoms with Crippen molar-refractivity contribution in [2.24, 2.45) is 11.8 Å². The van der Waals surface area contributed by atoms with Crippen LogP contribution in [-0.4, -0.2) is 72.9 Å². The molecule has 222 valence electrons. The number of halogens is 1. The van der Waals surface area contributed by atoms with Crippen molar-refractivity contribution < 1.29 is 14.1 Å². The number of hydrogen-bond donors (Lipinski definition) is 1. The summed E-state index contributed by atoms with van der Waals surface area (Å²) in [5.74, 6) is 1.58.